The van der Waals surface area contributed by atoms with Crippen LogP contribution in [0.1, 0.15) is 11.1 Å². The second kappa shape index (κ2) is 3.21. The summed E-state index contributed by atoms with van der Waals surface area (Å²) in [4.78, 5) is 0.122. The monoisotopic (exact) mass is 244 g/mol. The first-order valence-corrected chi connectivity index (χ1v) is 6.60. The third-order valence-corrected chi connectivity index (χ3v) is 3.90. The fourth-order valence-electron chi connectivity index (χ4n) is 1.60. The van der Waals surface area contributed by atoms with Gasteiger partial charge < -0.3 is 0 Å². The number of nitrogens with zero attached hydrogens (tertiary/aromatic N) is 1. The summed E-state index contributed by atoms with van der Waals surface area (Å²) in [6.07, 6.45) is 1.58. The van der Waals surface area contributed by atoms with Crippen LogP contribution in [0.2, 0.25) is 0 Å². The van der Waals surface area contributed by atoms with Gasteiger partial charge in [-0.2, -0.15) is 5.10 Å². The molecule has 0 amide bonds. The van der Waals surface area contributed by atoms with Gasteiger partial charge in [-0.15, -0.1) is 0 Å². The number of hydrogen-bond donors (Lipinski definition) is 1. The number of rotatable bonds is 1. The van der Waals surface area contributed by atoms with Crippen molar-refractivity contribution >= 4 is 30.6 Å². The van der Waals surface area contributed by atoms with Crippen LogP contribution < -0.4 is 0 Å². The lowest BCUT2D eigenvalue weighted by Crippen LogP contribution is -1.98. The predicted molar refractivity (Wildman–Crippen MR) is 58.6 cm³/mol. The van der Waals surface area contributed by atoms with Gasteiger partial charge >= 0.3 is 0 Å². The Morgan fingerprint density at radius 2 is 2.07 bits per heavy atom. The van der Waals surface area contributed by atoms with Crippen molar-refractivity contribution in [3.8, 4) is 0 Å². The molecule has 2 rings (SSSR count). The molecule has 0 aliphatic carbocycles. The molecule has 0 radical (unpaired) electrons. The quantitative estimate of drug-likeness (QED) is 0.782. The molecule has 6 heteroatoms. The van der Waals surface area contributed by atoms with Gasteiger partial charge in [0, 0.05) is 16.1 Å². The lowest BCUT2D eigenvalue weighted by atomic mass is 10.1. The van der Waals surface area contributed by atoms with Crippen LogP contribution in [0.5, 0.6) is 0 Å². The van der Waals surface area contributed by atoms with Crippen molar-refractivity contribution in [2.24, 2.45) is 0 Å². The van der Waals surface area contributed by atoms with Gasteiger partial charge in [0.05, 0.1) is 11.7 Å². The van der Waals surface area contributed by atoms with Crippen molar-refractivity contribution in [1.29, 1.82) is 0 Å². The minimum absolute atomic E-state index is 0.122. The summed E-state index contributed by atoms with van der Waals surface area (Å²) in [6.45, 7) is 3.57. The summed E-state index contributed by atoms with van der Waals surface area (Å²) in [6, 6.07) is 1.87. The molecule has 1 aromatic heterocycles. The van der Waals surface area contributed by atoms with Crippen molar-refractivity contribution < 1.29 is 8.42 Å². The van der Waals surface area contributed by atoms with E-state index in [2.05, 4.69) is 10.2 Å². The molecule has 0 saturated carbocycles. The van der Waals surface area contributed by atoms with Crippen LogP contribution in [0.4, 0.5) is 0 Å². The molecule has 15 heavy (non-hydrogen) atoms. The average molecular weight is 245 g/mol. The summed E-state index contributed by atoms with van der Waals surface area (Å²) >= 11 is 0. The Kier molecular flexibility index (Phi) is 2.24. The average Bonchev–Trinajstić information content (AvgIpc) is 2.50. The maximum absolute atomic E-state index is 11.4. The molecule has 4 nitrogen and oxygen atoms in total. The Labute approximate surface area is 91.7 Å². The third-order valence-electron chi connectivity index (χ3n) is 2.44. The molecule has 1 aromatic carbocycles. The van der Waals surface area contributed by atoms with Crippen LogP contribution >= 0.6 is 10.7 Å². The Hall–Kier alpha value is -1.07. The number of aryl methyl sites for hydroxylation is 1. The van der Waals surface area contributed by atoms with E-state index in [0.29, 0.717) is 11.1 Å². The van der Waals surface area contributed by atoms with E-state index in [1.54, 1.807) is 13.1 Å². The first-order chi connectivity index (χ1) is 6.91. The standard InChI is InChI=1S/C9H9ClN2O2S/c1-5-3-7-4-11-12-8(7)9(6(5)2)15(10,13)14/h3-4H,1-2H3,(H,11,12). The zero-order chi connectivity index (χ0) is 11.2. The zero-order valence-corrected chi connectivity index (χ0v) is 9.78. The second-order valence-corrected chi connectivity index (χ2v) is 5.92. The number of benzene rings is 1. The van der Waals surface area contributed by atoms with Crippen molar-refractivity contribution in [2.45, 2.75) is 18.7 Å². The summed E-state index contributed by atoms with van der Waals surface area (Å²) in [7, 11) is 1.64. The van der Waals surface area contributed by atoms with E-state index in [0.717, 1.165) is 10.9 Å². The molecule has 0 aliphatic heterocycles. The molecule has 1 heterocycles. The summed E-state index contributed by atoms with van der Waals surface area (Å²) in [5.74, 6) is 0. The maximum atomic E-state index is 11.4. The minimum atomic E-state index is -3.75. The topological polar surface area (TPSA) is 62.8 Å². The Morgan fingerprint density at radius 1 is 1.40 bits per heavy atom. The van der Waals surface area contributed by atoms with E-state index in [9.17, 15) is 8.42 Å². The normalized spacial score (nSPS) is 12.2. The highest BCUT2D eigenvalue weighted by atomic mass is 35.7. The van der Waals surface area contributed by atoms with Crippen LogP contribution in [0.3, 0.4) is 0 Å². The molecule has 80 valence electrons. The number of hydrogen-bond acceptors (Lipinski definition) is 3. The van der Waals surface area contributed by atoms with Gasteiger partial charge in [0.15, 0.2) is 0 Å². The smallest absolute Gasteiger partial charge is 0.263 e. The largest absolute Gasteiger partial charge is 0.276 e. The Bertz CT molecular complexity index is 631. The number of fused-ring (bicyclic) bond motifs is 1. The maximum Gasteiger partial charge on any atom is 0.263 e. The van der Waals surface area contributed by atoms with Crippen molar-refractivity contribution in [3.63, 3.8) is 0 Å². The molecule has 0 spiro atoms. The van der Waals surface area contributed by atoms with Crippen molar-refractivity contribution in [3.05, 3.63) is 23.4 Å². The highest BCUT2D eigenvalue weighted by molar-refractivity contribution is 8.14. The summed E-state index contributed by atoms with van der Waals surface area (Å²) in [5, 5.41) is 7.21. The number of nitrogens with one attached hydrogen (secondary N) is 1. The minimum Gasteiger partial charge on any atom is -0.276 e. The Balaban J connectivity index is 3.03. The van der Waals surface area contributed by atoms with Crippen molar-refractivity contribution in [1.82, 2.24) is 10.2 Å². The zero-order valence-electron chi connectivity index (χ0n) is 8.20. The van der Waals surface area contributed by atoms with E-state index in [1.165, 1.54) is 0 Å². The first kappa shape index (κ1) is 10.4. The van der Waals surface area contributed by atoms with Crippen molar-refractivity contribution in [2.75, 3.05) is 0 Å². The lowest BCUT2D eigenvalue weighted by Gasteiger charge is -2.06. The molecule has 0 aliphatic rings. The summed E-state index contributed by atoms with van der Waals surface area (Å²) < 4.78 is 22.9. The number of aromatic amines is 1. The number of H-pyrrole nitrogens is 1. The molecule has 2 aromatic rings. The van der Waals surface area contributed by atoms with E-state index < -0.39 is 9.05 Å². The van der Waals surface area contributed by atoms with Crippen LogP contribution in [0.15, 0.2) is 17.2 Å². The van der Waals surface area contributed by atoms with Gasteiger partial charge in [-0.1, -0.05) is 0 Å². The second-order valence-electron chi connectivity index (χ2n) is 3.42. The van der Waals surface area contributed by atoms with Gasteiger partial charge in [-0.3, -0.25) is 5.10 Å². The molecular formula is C9H9ClN2O2S. The van der Waals surface area contributed by atoms with E-state index >= 15 is 0 Å². The van der Waals surface area contributed by atoms with E-state index in [-0.39, 0.29) is 4.90 Å². The molecule has 0 saturated heterocycles. The first-order valence-electron chi connectivity index (χ1n) is 4.29. The highest BCUT2D eigenvalue weighted by Crippen LogP contribution is 2.29. The van der Waals surface area contributed by atoms with Crippen LogP contribution in [-0.4, -0.2) is 18.6 Å². The Morgan fingerprint density at radius 3 is 2.67 bits per heavy atom. The van der Waals surface area contributed by atoms with Gasteiger partial charge in [-0.05, 0) is 31.0 Å². The van der Waals surface area contributed by atoms with Gasteiger partial charge in [0.25, 0.3) is 9.05 Å². The van der Waals surface area contributed by atoms with Crippen LogP contribution in [0.25, 0.3) is 10.9 Å². The SMILES string of the molecule is Cc1cc2cn[nH]c2c(S(=O)(=O)Cl)c1C. The molecule has 0 atom stereocenters. The van der Waals surface area contributed by atoms with Crippen LogP contribution in [0, 0.1) is 13.8 Å². The van der Waals surface area contributed by atoms with Crippen LogP contribution in [-0.2, 0) is 9.05 Å². The highest BCUT2D eigenvalue weighted by Gasteiger charge is 2.20. The molecule has 0 fully saturated rings. The summed E-state index contributed by atoms with van der Waals surface area (Å²) in [5.41, 5.74) is 2.00. The van der Waals surface area contributed by atoms with E-state index in [4.69, 9.17) is 10.7 Å². The molecule has 0 bridgehead atoms. The third kappa shape index (κ3) is 1.61. The lowest BCUT2D eigenvalue weighted by molar-refractivity contribution is 0.609. The fraction of sp³-hybridized carbons (Fsp3) is 0.222. The van der Waals surface area contributed by atoms with E-state index in [1.807, 2.05) is 13.0 Å². The molecular weight excluding hydrogens is 236 g/mol. The molecule has 0 unspecified atom stereocenters. The fourth-order valence-corrected chi connectivity index (χ4v) is 3.11. The number of halogens is 1. The van der Waals surface area contributed by atoms with Gasteiger partial charge in [0.2, 0.25) is 0 Å². The van der Waals surface area contributed by atoms with Gasteiger partial charge in [-0.25, -0.2) is 8.42 Å². The predicted octanol–water partition coefficient (Wildman–Crippen LogP) is 2.11. The van der Waals surface area contributed by atoms with Gasteiger partial charge in [0.1, 0.15) is 4.90 Å². The molecule has 1 N–H and O–H groups in total. The number of aromatic nitrogens is 2.